The molecule has 11 heteroatoms. The molecule has 0 saturated carbocycles. The first-order valence-electron chi connectivity index (χ1n) is 13.2. The summed E-state index contributed by atoms with van der Waals surface area (Å²) in [5, 5.41) is 1.61. The van der Waals surface area contributed by atoms with Gasteiger partial charge in [0.05, 0.1) is 96.2 Å². The molecule has 11 nitrogen and oxygen atoms in total. The van der Waals surface area contributed by atoms with Crippen LogP contribution in [0.25, 0.3) is 11.4 Å². The van der Waals surface area contributed by atoms with Crippen molar-refractivity contribution in [2.24, 2.45) is 17.3 Å². The van der Waals surface area contributed by atoms with Gasteiger partial charge in [-0.3, -0.25) is 4.79 Å². The molecule has 2 aromatic rings. The van der Waals surface area contributed by atoms with Crippen molar-refractivity contribution in [3.63, 3.8) is 0 Å². The molecule has 214 valence electrons. The first-order valence-corrected chi connectivity index (χ1v) is 13.2. The molecule has 2 aromatic carbocycles. The normalized spacial score (nSPS) is 14.9. The fourth-order valence-corrected chi connectivity index (χ4v) is 4.13. The number of fused-ring (bicyclic) bond motifs is 2. The number of rotatable bonds is 19. The molecule has 0 aliphatic carbocycles. The second-order valence-electron chi connectivity index (χ2n) is 8.71. The molecule has 1 aliphatic rings. The van der Waals surface area contributed by atoms with Crippen molar-refractivity contribution in [3.05, 3.63) is 65.2 Å². The van der Waals surface area contributed by atoms with Gasteiger partial charge in [-0.2, -0.15) is 0 Å². The minimum atomic E-state index is 0.393. The highest BCUT2D eigenvalue weighted by Crippen LogP contribution is 2.35. The smallest absolute Gasteiger partial charge is 0.214 e. The molecular weight excluding hydrogens is 502 g/mol. The van der Waals surface area contributed by atoms with E-state index in [4.69, 9.17) is 41.0 Å². The second-order valence-corrected chi connectivity index (χ2v) is 8.71. The molecule has 0 aromatic heterocycles. The molecule has 0 unspecified atom stereocenters. The Bertz CT molecular complexity index is 1040. The lowest BCUT2D eigenvalue weighted by atomic mass is 9.96. The van der Waals surface area contributed by atoms with Gasteiger partial charge in [0.25, 0.3) is 0 Å². The molecule has 1 amide bonds. The monoisotopic (exact) mass is 543 g/mol. The van der Waals surface area contributed by atoms with Crippen LogP contribution < -0.4 is 22.2 Å². The largest absolute Gasteiger partial charge is 0.396 e. The number of anilines is 1. The first-order chi connectivity index (χ1) is 19.2. The van der Waals surface area contributed by atoms with E-state index in [1.54, 1.807) is 9.91 Å². The van der Waals surface area contributed by atoms with Crippen molar-refractivity contribution in [1.82, 2.24) is 5.01 Å². The summed E-state index contributed by atoms with van der Waals surface area (Å²) in [4.78, 5) is 13.5. The van der Waals surface area contributed by atoms with Gasteiger partial charge in [0.15, 0.2) is 0 Å². The number of hydrogen-bond donors (Lipinski definition) is 3. The molecule has 3 rings (SSSR count). The van der Waals surface area contributed by atoms with Gasteiger partial charge < -0.3 is 45.1 Å². The van der Waals surface area contributed by atoms with Crippen molar-refractivity contribution < 1.29 is 28.5 Å². The van der Waals surface area contributed by atoms with Crippen molar-refractivity contribution in [2.75, 3.05) is 84.1 Å². The Hall–Kier alpha value is -3.03. The number of nitrogens with two attached hydrogens (primary N) is 3. The van der Waals surface area contributed by atoms with E-state index in [0.717, 1.165) is 28.8 Å². The number of para-hydroxylation sites is 1. The molecule has 0 bridgehead atoms. The highest BCUT2D eigenvalue weighted by Gasteiger charge is 2.24. The van der Waals surface area contributed by atoms with E-state index in [2.05, 4.69) is 0 Å². The molecule has 0 spiro atoms. The predicted octanol–water partition coefficient (Wildman–Crippen LogP) is 1.16. The molecule has 6 N–H and O–H groups in total. The van der Waals surface area contributed by atoms with Crippen LogP contribution in [0.3, 0.4) is 0 Å². The number of ether oxygens (including phenoxy) is 5. The molecule has 1 heterocycles. The van der Waals surface area contributed by atoms with Crippen LogP contribution in [-0.2, 0) is 35.0 Å². The summed E-state index contributed by atoms with van der Waals surface area (Å²) in [5.41, 5.74) is 16.6. The lowest BCUT2D eigenvalue weighted by Crippen LogP contribution is -2.36. The third kappa shape index (κ3) is 9.59. The number of hydrazine groups is 1. The van der Waals surface area contributed by atoms with Gasteiger partial charge >= 0.3 is 0 Å². The minimum Gasteiger partial charge on any atom is -0.396 e. The maximum atomic E-state index is 11.9. The summed E-state index contributed by atoms with van der Waals surface area (Å²) in [6, 6.07) is 15.4. The third-order valence-electron chi connectivity index (χ3n) is 6.01. The van der Waals surface area contributed by atoms with Crippen LogP contribution in [-0.4, -0.2) is 90.6 Å². The molecular formula is C28H41N5O6. The van der Waals surface area contributed by atoms with Crippen LogP contribution in [0.15, 0.2) is 48.5 Å². The van der Waals surface area contributed by atoms with E-state index in [-0.39, 0.29) is 0 Å². The number of nitrogens with zero attached hydrogens (tertiary/aromatic N) is 2. The lowest BCUT2D eigenvalue weighted by Gasteiger charge is -2.31. The topological polar surface area (TPSA) is 148 Å². The summed E-state index contributed by atoms with van der Waals surface area (Å²) in [7, 11) is 0. The zero-order valence-corrected chi connectivity index (χ0v) is 22.5. The van der Waals surface area contributed by atoms with Gasteiger partial charge in [0.1, 0.15) is 0 Å². The third-order valence-corrected chi connectivity index (χ3v) is 6.01. The summed E-state index contributed by atoms with van der Waals surface area (Å²) < 4.78 is 27.4. The van der Waals surface area contributed by atoms with Crippen LogP contribution in [0, 0.1) is 0 Å². The van der Waals surface area contributed by atoms with Gasteiger partial charge in [-0.1, -0.05) is 42.5 Å². The van der Waals surface area contributed by atoms with Crippen LogP contribution in [0.4, 0.5) is 5.69 Å². The van der Waals surface area contributed by atoms with Gasteiger partial charge in [-0.05, 0) is 11.6 Å². The maximum absolute atomic E-state index is 11.9. The molecule has 0 saturated heterocycles. The Labute approximate surface area is 230 Å². The Kier molecular flexibility index (Phi) is 13.7. The Morgan fingerprint density at radius 2 is 1.26 bits per heavy atom. The SMILES string of the molecule is NCCOCCOCCOCCOCCOCCN(N)/C1=C(\N)c2ccccc2N(C=O)Cc2ccccc21. The molecule has 1 aliphatic heterocycles. The van der Waals surface area contributed by atoms with E-state index in [1.807, 2.05) is 48.5 Å². The van der Waals surface area contributed by atoms with E-state index in [0.29, 0.717) is 97.1 Å². The fraction of sp³-hybridized carbons (Fsp3) is 0.464. The van der Waals surface area contributed by atoms with E-state index < -0.39 is 0 Å². The van der Waals surface area contributed by atoms with E-state index in [1.165, 1.54) is 0 Å². The lowest BCUT2D eigenvalue weighted by molar-refractivity contribution is -0.107. The number of amides is 1. The molecule has 0 radical (unpaired) electrons. The van der Waals surface area contributed by atoms with Gasteiger partial charge in [-0.15, -0.1) is 0 Å². The van der Waals surface area contributed by atoms with E-state index in [9.17, 15) is 4.79 Å². The Morgan fingerprint density at radius 3 is 1.85 bits per heavy atom. The average molecular weight is 544 g/mol. The summed E-state index contributed by atoms with van der Waals surface area (Å²) in [6.45, 7) is 6.21. The van der Waals surface area contributed by atoms with Crippen LogP contribution in [0.1, 0.15) is 16.7 Å². The van der Waals surface area contributed by atoms with Gasteiger partial charge in [0.2, 0.25) is 6.41 Å². The standard InChI is InChI=1S/C28H41N5O6/c29-9-11-35-13-15-37-17-19-39-20-18-38-16-14-36-12-10-33(31)28-24-6-2-1-5-23(24)21-32(22-34)26-8-4-3-7-25(26)27(28)30/h1-8,22H,9-21,29-31H2/b28-27-. The number of hydrogen-bond acceptors (Lipinski definition) is 10. The van der Waals surface area contributed by atoms with Crippen LogP contribution in [0.5, 0.6) is 0 Å². The van der Waals surface area contributed by atoms with Crippen LogP contribution >= 0.6 is 0 Å². The average Bonchev–Trinajstić information content (AvgIpc) is 2.95. The summed E-state index contributed by atoms with van der Waals surface area (Å²) >= 11 is 0. The van der Waals surface area contributed by atoms with Crippen molar-refractivity contribution >= 4 is 23.5 Å². The highest BCUT2D eigenvalue weighted by molar-refractivity contribution is 5.96. The summed E-state index contributed by atoms with van der Waals surface area (Å²) in [5.74, 6) is 6.52. The van der Waals surface area contributed by atoms with Crippen LogP contribution in [0.2, 0.25) is 0 Å². The number of benzene rings is 2. The summed E-state index contributed by atoms with van der Waals surface area (Å²) in [6.07, 6.45) is 0.827. The first kappa shape index (κ1) is 30.5. The zero-order chi connectivity index (χ0) is 27.7. The van der Waals surface area contributed by atoms with Crippen molar-refractivity contribution in [2.45, 2.75) is 6.54 Å². The Balaban J connectivity index is 1.40. The van der Waals surface area contributed by atoms with Gasteiger partial charge in [-0.25, -0.2) is 5.84 Å². The van der Waals surface area contributed by atoms with E-state index >= 15 is 0 Å². The van der Waals surface area contributed by atoms with Crippen molar-refractivity contribution in [3.8, 4) is 0 Å². The maximum Gasteiger partial charge on any atom is 0.214 e. The number of carbonyl (C=O) groups is 1. The quantitative estimate of drug-likeness (QED) is 0.102. The van der Waals surface area contributed by atoms with Crippen molar-refractivity contribution in [1.29, 1.82) is 0 Å². The minimum absolute atomic E-state index is 0.393. The molecule has 0 fully saturated rings. The highest BCUT2D eigenvalue weighted by atomic mass is 16.6. The fourth-order valence-electron chi connectivity index (χ4n) is 4.13. The zero-order valence-electron chi connectivity index (χ0n) is 22.5. The number of carbonyl (C=O) groups excluding carboxylic acids is 1. The Morgan fingerprint density at radius 1 is 0.744 bits per heavy atom. The predicted molar refractivity (Wildman–Crippen MR) is 150 cm³/mol. The molecule has 0 atom stereocenters. The van der Waals surface area contributed by atoms with Gasteiger partial charge in [0, 0.05) is 17.7 Å². The molecule has 39 heavy (non-hydrogen) atoms. The second kappa shape index (κ2) is 17.5.